The highest BCUT2D eigenvalue weighted by Gasteiger charge is 2.34. The number of nitrogens with one attached hydrogen (secondary N) is 1. The fourth-order valence-corrected chi connectivity index (χ4v) is 5.96. The Kier molecular flexibility index (Phi) is 9.45. The highest BCUT2D eigenvalue weighted by molar-refractivity contribution is 7.90. The van der Waals surface area contributed by atoms with Crippen LogP contribution in [0, 0.1) is 6.92 Å². The van der Waals surface area contributed by atoms with Gasteiger partial charge in [-0.25, -0.2) is 22.9 Å². The molecule has 0 aliphatic heterocycles. The van der Waals surface area contributed by atoms with Crippen LogP contribution in [0.25, 0.3) is 16.7 Å². The first kappa shape index (κ1) is 32.0. The van der Waals surface area contributed by atoms with Crippen molar-refractivity contribution in [2.75, 3.05) is 6.61 Å². The van der Waals surface area contributed by atoms with Crippen LogP contribution in [0.2, 0.25) is 5.02 Å². The van der Waals surface area contributed by atoms with E-state index in [1.54, 1.807) is 53.4 Å². The van der Waals surface area contributed by atoms with Crippen molar-refractivity contribution >= 4 is 38.8 Å². The van der Waals surface area contributed by atoms with Crippen molar-refractivity contribution in [3.63, 3.8) is 0 Å². The lowest BCUT2D eigenvalue weighted by Gasteiger charge is -2.12. The average Bonchev–Trinajstić information content (AvgIpc) is 3.34. The molecule has 45 heavy (non-hydrogen) atoms. The van der Waals surface area contributed by atoms with Crippen molar-refractivity contribution < 1.29 is 31.1 Å². The van der Waals surface area contributed by atoms with Crippen molar-refractivity contribution in [3.05, 3.63) is 118 Å². The van der Waals surface area contributed by atoms with E-state index in [9.17, 15) is 26.4 Å². The van der Waals surface area contributed by atoms with E-state index in [0.29, 0.717) is 42.7 Å². The first-order valence-corrected chi connectivity index (χ1v) is 15.8. The third kappa shape index (κ3) is 7.81. The number of hydrogen-bond donors (Lipinski definition) is 1. The first-order chi connectivity index (χ1) is 21.4. The van der Waals surface area contributed by atoms with Crippen LogP contribution >= 0.6 is 11.6 Å². The Bertz CT molecular complexity index is 1910. The van der Waals surface area contributed by atoms with E-state index in [4.69, 9.17) is 16.3 Å². The number of nitrogens with zero attached hydrogens (tertiary/aromatic N) is 3. The Morgan fingerprint density at radius 1 is 0.978 bits per heavy atom. The Balaban J connectivity index is 1.30. The van der Waals surface area contributed by atoms with E-state index in [-0.39, 0.29) is 17.0 Å². The molecule has 5 aromatic rings. The fraction of sp³-hybridized carbons (Fsp3) is 0.219. The van der Waals surface area contributed by atoms with Crippen LogP contribution in [-0.2, 0) is 40.2 Å². The number of ether oxygens (including phenoxy) is 1. The SMILES string of the molecule is Cc1ccc(S(=O)(=O)NC(=O)OCCc2ccc(-n3c(CCCc4cccnc4)nc4cc(C(F)(F)F)c(Cl)cc43)cc2)cc1. The van der Waals surface area contributed by atoms with Gasteiger partial charge >= 0.3 is 12.3 Å². The molecule has 0 radical (unpaired) electrons. The van der Waals surface area contributed by atoms with Gasteiger partial charge in [0.15, 0.2) is 0 Å². The summed E-state index contributed by atoms with van der Waals surface area (Å²) in [6, 6.07) is 19.2. The summed E-state index contributed by atoms with van der Waals surface area (Å²) in [4.78, 5) is 20.8. The maximum Gasteiger partial charge on any atom is 0.421 e. The van der Waals surface area contributed by atoms with Crippen LogP contribution in [0.3, 0.4) is 0 Å². The van der Waals surface area contributed by atoms with Gasteiger partial charge in [-0.05, 0) is 73.4 Å². The van der Waals surface area contributed by atoms with Gasteiger partial charge in [-0.1, -0.05) is 47.5 Å². The topological polar surface area (TPSA) is 103 Å². The van der Waals surface area contributed by atoms with Crippen molar-refractivity contribution in [3.8, 4) is 5.69 Å². The Hall–Kier alpha value is -4.42. The van der Waals surface area contributed by atoms with Crippen LogP contribution in [0.1, 0.15) is 34.5 Å². The summed E-state index contributed by atoms with van der Waals surface area (Å²) in [5, 5.41) is -0.422. The molecule has 13 heteroatoms. The largest absolute Gasteiger partial charge is 0.448 e. The molecule has 0 atom stereocenters. The van der Waals surface area contributed by atoms with Crippen molar-refractivity contribution in [1.29, 1.82) is 0 Å². The third-order valence-corrected chi connectivity index (χ3v) is 8.72. The molecule has 2 heterocycles. The van der Waals surface area contributed by atoms with E-state index >= 15 is 0 Å². The summed E-state index contributed by atoms with van der Waals surface area (Å²) in [6.07, 6.45) is -0.0826. The highest BCUT2D eigenvalue weighted by atomic mass is 35.5. The monoisotopic (exact) mass is 656 g/mol. The zero-order chi connectivity index (χ0) is 32.2. The summed E-state index contributed by atoms with van der Waals surface area (Å²) < 4.78 is 74.3. The second kappa shape index (κ2) is 13.3. The van der Waals surface area contributed by atoms with Crippen molar-refractivity contribution in [2.45, 2.75) is 43.7 Å². The lowest BCUT2D eigenvalue weighted by molar-refractivity contribution is -0.137. The third-order valence-electron chi connectivity index (χ3n) is 7.07. The molecule has 3 aromatic carbocycles. The lowest BCUT2D eigenvalue weighted by atomic mass is 10.1. The Labute approximate surface area is 262 Å². The van der Waals surface area contributed by atoms with Crippen LogP contribution in [0.15, 0.2) is 90.1 Å². The molecule has 1 amide bonds. The molecule has 0 saturated heterocycles. The molecule has 0 aliphatic rings. The van der Waals surface area contributed by atoms with Crippen LogP contribution in [0.5, 0.6) is 0 Å². The normalized spacial score (nSPS) is 11.9. The van der Waals surface area contributed by atoms with Crippen molar-refractivity contribution in [2.24, 2.45) is 0 Å². The van der Waals surface area contributed by atoms with E-state index in [1.807, 2.05) is 23.8 Å². The smallest absolute Gasteiger partial charge is 0.421 e. The minimum Gasteiger partial charge on any atom is -0.448 e. The molecule has 0 spiro atoms. The average molecular weight is 657 g/mol. The number of aryl methyl sites for hydroxylation is 3. The summed E-state index contributed by atoms with van der Waals surface area (Å²) in [7, 11) is -4.07. The van der Waals surface area contributed by atoms with Gasteiger partial charge in [-0.15, -0.1) is 0 Å². The zero-order valence-electron chi connectivity index (χ0n) is 24.0. The number of halogens is 4. The molecule has 5 rings (SSSR count). The number of amides is 1. The zero-order valence-corrected chi connectivity index (χ0v) is 25.6. The summed E-state index contributed by atoms with van der Waals surface area (Å²) in [6.45, 7) is 1.73. The number of fused-ring (bicyclic) bond motifs is 1. The number of hydrogen-bond acceptors (Lipinski definition) is 6. The molecule has 234 valence electrons. The molecule has 0 fully saturated rings. The minimum atomic E-state index is -4.62. The van der Waals surface area contributed by atoms with Gasteiger partial charge in [-0.3, -0.25) is 9.55 Å². The molecule has 0 aliphatic carbocycles. The van der Waals surface area contributed by atoms with Gasteiger partial charge in [0.1, 0.15) is 5.82 Å². The molecule has 8 nitrogen and oxygen atoms in total. The van der Waals surface area contributed by atoms with Gasteiger partial charge in [0, 0.05) is 30.9 Å². The predicted octanol–water partition coefficient (Wildman–Crippen LogP) is 7.23. The quantitative estimate of drug-likeness (QED) is 0.170. The number of imidazole rings is 1. The maximum atomic E-state index is 13.6. The highest BCUT2D eigenvalue weighted by Crippen LogP contribution is 2.38. The number of rotatable bonds is 10. The molecular formula is C32H28ClF3N4O4S. The molecule has 2 aromatic heterocycles. The van der Waals surface area contributed by atoms with E-state index < -0.39 is 32.9 Å². The van der Waals surface area contributed by atoms with Gasteiger partial charge in [0.25, 0.3) is 10.0 Å². The molecular weight excluding hydrogens is 629 g/mol. The number of pyridine rings is 1. The van der Waals surface area contributed by atoms with Crippen LogP contribution < -0.4 is 4.72 Å². The van der Waals surface area contributed by atoms with E-state index in [2.05, 4.69) is 9.97 Å². The molecule has 0 saturated carbocycles. The summed E-state index contributed by atoms with van der Waals surface area (Å²) >= 11 is 6.08. The number of alkyl halides is 3. The standard InChI is InChI=1S/C32H28ClF3N4O4S/c1-21-7-13-25(14-8-21)45(42,43)39-31(41)44-17-15-22-9-11-24(12-10-22)40-29-19-27(33)26(32(34,35)36)18-28(29)38-30(40)6-2-4-23-5-3-16-37-20-23/h3,5,7-14,16,18-20H,2,4,6,15,17H2,1H3,(H,39,41). The number of benzene rings is 3. The fourth-order valence-electron chi connectivity index (χ4n) is 4.81. The number of aromatic nitrogens is 3. The summed E-state index contributed by atoms with van der Waals surface area (Å²) in [5.41, 5.74) is 3.02. The summed E-state index contributed by atoms with van der Waals surface area (Å²) in [5.74, 6) is 0.576. The minimum absolute atomic E-state index is 0.0555. The van der Waals surface area contributed by atoms with Crippen molar-refractivity contribution in [1.82, 2.24) is 19.3 Å². The molecule has 0 unspecified atom stereocenters. The van der Waals surface area contributed by atoms with E-state index in [0.717, 1.165) is 22.8 Å². The maximum absolute atomic E-state index is 13.6. The molecule has 1 N–H and O–H groups in total. The van der Waals surface area contributed by atoms with Crippen LogP contribution in [-0.4, -0.2) is 35.7 Å². The number of carbonyl (C=O) groups excluding carboxylic acids is 1. The predicted molar refractivity (Wildman–Crippen MR) is 164 cm³/mol. The van der Waals surface area contributed by atoms with Gasteiger partial charge in [-0.2, -0.15) is 13.2 Å². The molecule has 0 bridgehead atoms. The van der Waals surface area contributed by atoms with Gasteiger partial charge in [0.05, 0.1) is 33.1 Å². The van der Waals surface area contributed by atoms with Crippen LogP contribution in [0.4, 0.5) is 18.0 Å². The lowest BCUT2D eigenvalue weighted by Crippen LogP contribution is -2.31. The second-order valence-electron chi connectivity index (χ2n) is 10.4. The first-order valence-electron chi connectivity index (χ1n) is 13.9. The second-order valence-corrected chi connectivity index (χ2v) is 12.5. The Morgan fingerprint density at radius 2 is 1.71 bits per heavy atom. The Morgan fingerprint density at radius 3 is 2.38 bits per heavy atom. The van der Waals surface area contributed by atoms with Gasteiger partial charge < -0.3 is 4.74 Å². The van der Waals surface area contributed by atoms with Gasteiger partial charge in [0.2, 0.25) is 0 Å². The number of sulfonamides is 1. The number of carbonyl (C=O) groups is 1. The van der Waals surface area contributed by atoms with E-state index in [1.165, 1.54) is 18.2 Å².